The Bertz CT molecular complexity index is 314. The Morgan fingerprint density at radius 1 is 1.21 bits per heavy atom. The summed E-state index contributed by atoms with van der Waals surface area (Å²) < 4.78 is 0. The van der Waals surface area contributed by atoms with E-state index in [0.717, 1.165) is 25.2 Å². The number of likely N-dealkylation sites (tertiary alicyclic amines) is 1. The molecule has 2 aliphatic rings. The van der Waals surface area contributed by atoms with Gasteiger partial charge >= 0.3 is 0 Å². The molecule has 1 aliphatic carbocycles. The molecule has 1 heterocycles. The van der Waals surface area contributed by atoms with E-state index in [4.69, 9.17) is 0 Å². The Labute approximate surface area is 118 Å². The molecule has 0 N–H and O–H groups in total. The summed E-state index contributed by atoms with van der Waals surface area (Å²) in [6, 6.07) is 1.11. The van der Waals surface area contributed by atoms with Crippen molar-refractivity contribution in [1.29, 1.82) is 0 Å². The predicted molar refractivity (Wildman–Crippen MR) is 79.9 cm³/mol. The number of hydrogen-bond acceptors (Lipinski definition) is 1. The van der Waals surface area contributed by atoms with Crippen LogP contribution in [0.4, 0.5) is 0 Å². The average Bonchev–Trinajstić information content (AvgIpc) is 2.98. The molecule has 0 bridgehead atoms. The third-order valence-corrected chi connectivity index (χ3v) is 5.76. The number of carbonyl (C=O) groups excluding carboxylic acids is 1. The largest absolute Gasteiger partial charge is 0.336 e. The number of amides is 1. The van der Waals surface area contributed by atoms with Crippen molar-refractivity contribution in [1.82, 2.24) is 4.90 Å². The van der Waals surface area contributed by atoms with Crippen LogP contribution in [0.5, 0.6) is 0 Å². The molecule has 110 valence electrons. The molecule has 2 nitrogen and oxygen atoms in total. The van der Waals surface area contributed by atoms with Crippen molar-refractivity contribution in [3.8, 4) is 0 Å². The van der Waals surface area contributed by atoms with Gasteiger partial charge in [0.2, 0.25) is 5.91 Å². The van der Waals surface area contributed by atoms with Crippen molar-refractivity contribution in [2.75, 3.05) is 0 Å². The molecule has 0 spiro atoms. The van der Waals surface area contributed by atoms with Crippen molar-refractivity contribution in [3.63, 3.8) is 0 Å². The summed E-state index contributed by atoms with van der Waals surface area (Å²) in [5.41, 5.74) is 0. The second-order valence-electron chi connectivity index (χ2n) is 6.70. The van der Waals surface area contributed by atoms with E-state index in [2.05, 4.69) is 32.6 Å². The van der Waals surface area contributed by atoms with E-state index in [1.807, 2.05) is 0 Å². The second-order valence-corrected chi connectivity index (χ2v) is 6.70. The number of carbonyl (C=O) groups is 1. The Morgan fingerprint density at radius 2 is 1.95 bits per heavy atom. The summed E-state index contributed by atoms with van der Waals surface area (Å²) in [4.78, 5) is 15.3. The summed E-state index contributed by atoms with van der Waals surface area (Å²) >= 11 is 0. The van der Waals surface area contributed by atoms with Gasteiger partial charge in [-0.1, -0.05) is 40.5 Å². The lowest BCUT2D eigenvalue weighted by Crippen LogP contribution is -2.45. The van der Waals surface area contributed by atoms with Gasteiger partial charge in [-0.25, -0.2) is 0 Å². The Kier molecular flexibility index (Phi) is 4.92. The first-order valence-corrected chi connectivity index (χ1v) is 8.46. The predicted octanol–water partition coefficient (Wildman–Crippen LogP) is 4.24. The van der Waals surface area contributed by atoms with E-state index in [-0.39, 0.29) is 5.92 Å². The van der Waals surface area contributed by atoms with Gasteiger partial charge in [0.15, 0.2) is 0 Å². The third-order valence-electron chi connectivity index (χ3n) is 5.76. The summed E-state index contributed by atoms with van der Waals surface area (Å²) in [5, 5.41) is 0. The maximum Gasteiger partial charge on any atom is 0.226 e. The molecule has 0 aromatic carbocycles. The van der Waals surface area contributed by atoms with Crippen LogP contribution in [0.2, 0.25) is 0 Å². The summed E-state index contributed by atoms with van der Waals surface area (Å²) in [7, 11) is 0. The molecule has 2 heteroatoms. The van der Waals surface area contributed by atoms with E-state index in [1.54, 1.807) is 0 Å². The molecule has 0 radical (unpaired) electrons. The minimum absolute atomic E-state index is 0.249. The first-order valence-electron chi connectivity index (χ1n) is 8.46. The van der Waals surface area contributed by atoms with Gasteiger partial charge in [0, 0.05) is 18.0 Å². The van der Waals surface area contributed by atoms with E-state index < -0.39 is 0 Å². The van der Waals surface area contributed by atoms with Crippen LogP contribution in [0.1, 0.15) is 72.6 Å². The lowest BCUT2D eigenvalue weighted by Gasteiger charge is -2.34. The highest BCUT2D eigenvalue weighted by molar-refractivity contribution is 5.80. The Morgan fingerprint density at radius 3 is 2.53 bits per heavy atom. The van der Waals surface area contributed by atoms with Gasteiger partial charge in [-0.3, -0.25) is 4.79 Å². The minimum Gasteiger partial charge on any atom is -0.336 e. The molecular formula is C17H31NO. The highest BCUT2D eigenvalue weighted by Crippen LogP contribution is 2.43. The number of nitrogens with zero attached hydrogens (tertiary/aromatic N) is 1. The normalized spacial score (nSPS) is 33.3. The number of rotatable bonds is 5. The molecule has 4 unspecified atom stereocenters. The monoisotopic (exact) mass is 265 g/mol. The highest BCUT2D eigenvalue weighted by Gasteiger charge is 2.46. The molecule has 0 aromatic rings. The zero-order valence-corrected chi connectivity index (χ0v) is 13.2. The first-order chi connectivity index (χ1) is 9.13. The van der Waals surface area contributed by atoms with E-state index >= 15 is 0 Å². The highest BCUT2D eigenvalue weighted by atomic mass is 16.2. The maximum atomic E-state index is 13.0. The van der Waals surface area contributed by atoms with Crippen LogP contribution in [-0.2, 0) is 4.79 Å². The fourth-order valence-electron chi connectivity index (χ4n) is 4.40. The van der Waals surface area contributed by atoms with Gasteiger partial charge in [0.05, 0.1) is 0 Å². The summed E-state index contributed by atoms with van der Waals surface area (Å²) in [6.45, 7) is 8.88. The first kappa shape index (κ1) is 14.9. The van der Waals surface area contributed by atoms with Crippen molar-refractivity contribution in [2.45, 2.75) is 84.7 Å². The fraction of sp³-hybridized carbons (Fsp3) is 0.941. The number of fused-ring (bicyclic) bond motifs is 1. The SMILES string of the molecule is CCC(C)C(CC)C(=O)N1C2CCCC2C[C@H]1CC. The van der Waals surface area contributed by atoms with Gasteiger partial charge in [-0.05, 0) is 43.9 Å². The van der Waals surface area contributed by atoms with Crippen LogP contribution in [0, 0.1) is 17.8 Å². The standard InChI is InChI=1S/C17H31NO/c1-5-12(4)15(7-3)17(19)18-14(6-2)11-13-9-8-10-16(13)18/h12-16H,5-11H2,1-4H3/t12?,13?,14-,15?,16?/m1/s1. The Balaban J connectivity index is 2.15. The molecule has 5 atom stereocenters. The van der Waals surface area contributed by atoms with Crippen LogP contribution in [-0.4, -0.2) is 22.9 Å². The van der Waals surface area contributed by atoms with Crippen LogP contribution in [0.25, 0.3) is 0 Å². The van der Waals surface area contributed by atoms with Crippen LogP contribution < -0.4 is 0 Å². The lowest BCUT2D eigenvalue weighted by atomic mass is 9.87. The average molecular weight is 265 g/mol. The van der Waals surface area contributed by atoms with E-state index in [1.165, 1.54) is 25.7 Å². The molecule has 1 saturated heterocycles. The molecular weight excluding hydrogens is 234 g/mol. The Hall–Kier alpha value is -0.530. The van der Waals surface area contributed by atoms with Gasteiger partial charge in [-0.15, -0.1) is 0 Å². The van der Waals surface area contributed by atoms with Crippen molar-refractivity contribution >= 4 is 5.91 Å². The smallest absolute Gasteiger partial charge is 0.226 e. The minimum atomic E-state index is 0.249. The summed E-state index contributed by atoms with van der Waals surface area (Å²) in [5.74, 6) is 2.05. The quantitative estimate of drug-likeness (QED) is 0.728. The zero-order valence-electron chi connectivity index (χ0n) is 13.2. The van der Waals surface area contributed by atoms with Crippen molar-refractivity contribution in [3.05, 3.63) is 0 Å². The molecule has 2 fully saturated rings. The van der Waals surface area contributed by atoms with E-state index in [0.29, 0.717) is 23.9 Å². The topological polar surface area (TPSA) is 20.3 Å². The zero-order chi connectivity index (χ0) is 14.0. The van der Waals surface area contributed by atoms with E-state index in [9.17, 15) is 4.79 Å². The molecule has 2 rings (SSSR count). The van der Waals surface area contributed by atoms with Crippen LogP contribution in [0.15, 0.2) is 0 Å². The maximum absolute atomic E-state index is 13.0. The lowest BCUT2D eigenvalue weighted by molar-refractivity contribution is -0.140. The van der Waals surface area contributed by atoms with Crippen molar-refractivity contribution in [2.24, 2.45) is 17.8 Å². The third kappa shape index (κ3) is 2.68. The van der Waals surface area contributed by atoms with Gasteiger partial charge in [0.1, 0.15) is 0 Å². The number of hydrogen-bond donors (Lipinski definition) is 0. The summed E-state index contributed by atoms with van der Waals surface area (Å²) in [6.07, 6.45) is 8.45. The van der Waals surface area contributed by atoms with Crippen molar-refractivity contribution < 1.29 is 4.79 Å². The molecule has 1 amide bonds. The van der Waals surface area contributed by atoms with Crippen LogP contribution >= 0.6 is 0 Å². The van der Waals surface area contributed by atoms with Gasteiger partial charge in [0.25, 0.3) is 0 Å². The molecule has 19 heavy (non-hydrogen) atoms. The molecule has 1 saturated carbocycles. The fourth-order valence-corrected chi connectivity index (χ4v) is 4.40. The molecule has 0 aromatic heterocycles. The second kappa shape index (κ2) is 6.28. The van der Waals surface area contributed by atoms with Crippen LogP contribution in [0.3, 0.4) is 0 Å². The van der Waals surface area contributed by atoms with Gasteiger partial charge in [-0.2, -0.15) is 0 Å². The van der Waals surface area contributed by atoms with Gasteiger partial charge < -0.3 is 4.90 Å². The molecule has 1 aliphatic heterocycles.